The Kier molecular flexibility index (Phi) is 16.0. The number of halogens is 3. The van der Waals surface area contributed by atoms with Gasteiger partial charge in [0.2, 0.25) is 0 Å². The summed E-state index contributed by atoms with van der Waals surface area (Å²) in [4.78, 5) is 23.4. The molecular formula is C53H50Cl3N7O5. The number of aliphatic hydroxyl groups is 2. The van der Waals surface area contributed by atoms with Gasteiger partial charge in [0.05, 0.1) is 64.4 Å². The summed E-state index contributed by atoms with van der Waals surface area (Å²) in [6.45, 7) is 3.57. The van der Waals surface area contributed by atoms with Crippen LogP contribution in [0.1, 0.15) is 56.4 Å². The highest BCUT2D eigenvalue weighted by molar-refractivity contribution is 6.33. The van der Waals surface area contributed by atoms with Gasteiger partial charge in [0.15, 0.2) is 6.61 Å². The summed E-state index contributed by atoms with van der Waals surface area (Å²) in [5.41, 5.74) is 6.38. The molecule has 2 heterocycles. The molecule has 3 N–H and O–H groups in total. The smallest absolute Gasteiger partial charge is 0.252 e. The summed E-state index contributed by atoms with van der Waals surface area (Å²) in [5.74, 6) is 0.786. The van der Waals surface area contributed by atoms with Crippen LogP contribution in [0.4, 0.5) is 11.4 Å². The van der Waals surface area contributed by atoms with Gasteiger partial charge < -0.3 is 34.8 Å². The van der Waals surface area contributed by atoms with Gasteiger partial charge in [-0.15, -0.1) is 0 Å². The Balaban J connectivity index is 1.07. The van der Waals surface area contributed by atoms with Gasteiger partial charge in [0.25, 0.3) is 5.91 Å². The molecule has 2 saturated heterocycles. The second-order valence-corrected chi connectivity index (χ2v) is 18.0. The Morgan fingerprint density at radius 1 is 0.735 bits per heavy atom. The zero-order valence-corrected chi connectivity index (χ0v) is 39.4. The number of nitriles is 2. The van der Waals surface area contributed by atoms with Crippen LogP contribution in [0.3, 0.4) is 0 Å². The molecule has 4 atom stereocenters. The second kappa shape index (κ2) is 22.7. The third-order valence-electron chi connectivity index (χ3n) is 12.4. The van der Waals surface area contributed by atoms with E-state index in [-0.39, 0.29) is 37.8 Å². The molecule has 0 aliphatic carbocycles. The molecule has 2 fully saturated rings. The number of aliphatic hydroxyl groups excluding tert-OH is 2. The fourth-order valence-electron chi connectivity index (χ4n) is 8.94. The van der Waals surface area contributed by atoms with E-state index in [0.29, 0.717) is 83.5 Å². The van der Waals surface area contributed by atoms with E-state index in [2.05, 4.69) is 43.1 Å². The second-order valence-electron chi connectivity index (χ2n) is 16.7. The first kappa shape index (κ1) is 48.1. The topological polar surface area (TPSA) is 149 Å². The Hall–Kier alpha value is -6.32. The van der Waals surface area contributed by atoms with Crippen LogP contribution < -0.4 is 24.6 Å². The molecule has 0 saturated carbocycles. The number of amides is 1. The van der Waals surface area contributed by atoms with E-state index in [4.69, 9.17) is 49.5 Å². The Bertz CT molecular complexity index is 2740. The maximum absolute atomic E-state index is 14.5. The summed E-state index contributed by atoms with van der Waals surface area (Å²) in [6.07, 6.45) is -1.22. The zero-order valence-electron chi connectivity index (χ0n) is 37.1. The predicted molar refractivity (Wildman–Crippen MR) is 265 cm³/mol. The van der Waals surface area contributed by atoms with Crippen LogP contribution in [-0.4, -0.2) is 91.2 Å². The quantitative estimate of drug-likeness (QED) is 0.0853. The standard InChI is InChI=1S/C53H50Cl3N7O5/c54-42-16-14-39(15-17-42)50-33-61(31-37-4-2-1-3-5-37)52(35-63(50)48-21-19-43(28-46(48)56)67-26-22-57)59-53(66)41-12-10-38(11-13-41)49-32-60(34-51(65)40-8-6-36(30-58)7-9-40)23-24-62(49)47-20-18-44(29-45(47)55)68-27-25-64/h1-21,28-29,49-52,64-65H,23-27,31-35H2,(H,59,66)/t49-,50-,51+,52?/m0/s1. The average molecular weight is 971 g/mol. The molecule has 8 rings (SSSR count). The SMILES string of the molecule is N#CCOc1ccc(N2CC(NC(=O)c3ccc([C@@H]4CN(C[C@@H](O)c5ccc(C#N)cc5)CCN4c4ccc(OCCO)cc4Cl)cc3)N(Cc3ccccc3)C[C@H]2c2ccc(Cl)cc2)c(Cl)c1. The predicted octanol–water partition coefficient (Wildman–Crippen LogP) is 9.21. The van der Waals surface area contributed by atoms with Crippen molar-refractivity contribution in [3.63, 3.8) is 0 Å². The Labute approximate surface area is 411 Å². The normalized spacial score (nSPS) is 18.0. The number of ether oxygens (including phenoxy) is 2. The van der Waals surface area contributed by atoms with Crippen LogP contribution in [0.5, 0.6) is 11.5 Å². The van der Waals surface area contributed by atoms with Crippen molar-refractivity contribution in [2.75, 3.05) is 68.9 Å². The number of anilines is 2. The minimum Gasteiger partial charge on any atom is -0.491 e. The van der Waals surface area contributed by atoms with E-state index in [0.717, 1.165) is 33.6 Å². The lowest BCUT2D eigenvalue weighted by molar-refractivity contribution is 0.0769. The Morgan fingerprint density at radius 3 is 2.00 bits per heavy atom. The van der Waals surface area contributed by atoms with Crippen LogP contribution in [0.15, 0.2) is 140 Å². The average Bonchev–Trinajstić information content (AvgIpc) is 3.36. The number of nitrogens with zero attached hydrogens (tertiary/aromatic N) is 6. The lowest BCUT2D eigenvalue weighted by atomic mass is 9.98. The van der Waals surface area contributed by atoms with Gasteiger partial charge in [-0.3, -0.25) is 14.6 Å². The lowest BCUT2D eigenvalue weighted by Crippen LogP contribution is -2.61. The van der Waals surface area contributed by atoms with Crippen molar-refractivity contribution in [3.8, 4) is 23.6 Å². The van der Waals surface area contributed by atoms with Crippen molar-refractivity contribution < 1.29 is 24.5 Å². The largest absolute Gasteiger partial charge is 0.491 e. The number of hydrogen-bond acceptors (Lipinski definition) is 11. The molecule has 0 bridgehead atoms. The number of nitrogens with one attached hydrogen (secondary N) is 1. The van der Waals surface area contributed by atoms with E-state index in [9.17, 15) is 20.3 Å². The minimum atomic E-state index is -0.773. The lowest BCUT2D eigenvalue weighted by Gasteiger charge is -2.48. The van der Waals surface area contributed by atoms with Crippen molar-refractivity contribution in [1.29, 1.82) is 10.5 Å². The van der Waals surface area contributed by atoms with Crippen molar-refractivity contribution in [1.82, 2.24) is 15.1 Å². The number of rotatable bonds is 16. The van der Waals surface area contributed by atoms with Crippen LogP contribution >= 0.6 is 34.8 Å². The monoisotopic (exact) mass is 969 g/mol. The van der Waals surface area contributed by atoms with Crippen LogP contribution in [0.25, 0.3) is 0 Å². The highest BCUT2D eigenvalue weighted by atomic mass is 35.5. The van der Waals surface area contributed by atoms with Gasteiger partial charge in [0.1, 0.15) is 30.3 Å². The summed E-state index contributed by atoms with van der Waals surface area (Å²) in [6, 6.07) is 47.2. The molecule has 0 spiro atoms. The molecule has 6 aromatic rings. The summed E-state index contributed by atoms with van der Waals surface area (Å²) in [7, 11) is 0. The summed E-state index contributed by atoms with van der Waals surface area (Å²) >= 11 is 20.3. The van der Waals surface area contributed by atoms with Crippen molar-refractivity contribution in [3.05, 3.63) is 188 Å². The first-order chi connectivity index (χ1) is 33.1. The third-order valence-corrected chi connectivity index (χ3v) is 13.2. The summed E-state index contributed by atoms with van der Waals surface area (Å²) < 4.78 is 11.2. The van der Waals surface area contributed by atoms with E-state index in [1.165, 1.54) is 0 Å². The molecule has 12 nitrogen and oxygen atoms in total. The van der Waals surface area contributed by atoms with Gasteiger partial charge in [-0.1, -0.05) is 102 Å². The van der Waals surface area contributed by atoms with Gasteiger partial charge in [-0.2, -0.15) is 10.5 Å². The molecule has 1 unspecified atom stereocenters. The first-order valence-electron chi connectivity index (χ1n) is 22.3. The number of piperazine rings is 2. The van der Waals surface area contributed by atoms with Crippen LogP contribution in [0, 0.1) is 22.7 Å². The fraction of sp³-hybridized carbons (Fsp3) is 0.264. The number of hydrogen-bond donors (Lipinski definition) is 3. The van der Waals surface area contributed by atoms with Gasteiger partial charge in [-0.05, 0) is 82.9 Å². The highest BCUT2D eigenvalue weighted by Gasteiger charge is 2.37. The van der Waals surface area contributed by atoms with E-state index in [1.54, 1.807) is 42.5 Å². The van der Waals surface area contributed by atoms with Crippen molar-refractivity contribution >= 4 is 52.1 Å². The molecule has 1 amide bonds. The van der Waals surface area contributed by atoms with E-state index >= 15 is 0 Å². The summed E-state index contributed by atoms with van der Waals surface area (Å²) in [5, 5.41) is 43.9. The molecule has 2 aliphatic rings. The first-order valence-corrected chi connectivity index (χ1v) is 23.4. The van der Waals surface area contributed by atoms with Gasteiger partial charge in [-0.25, -0.2) is 0 Å². The number of carbonyl (C=O) groups excluding carboxylic acids is 1. The molecule has 0 aromatic heterocycles. The van der Waals surface area contributed by atoms with Crippen molar-refractivity contribution in [2.45, 2.75) is 30.9 Å². The molecule has 68 heavy (non-hydrogen) atoms. The number of benzene rings is 6. The molecule has 348 valence electrons. The van der Waals surface area contributed by atoms with Gasteiger partial charge in [0, 0.05) is 62.0 Å². The molecule has 2 aliphatic heterocycles. The maximum Gasteiger partial charge on any atom is 0.252 e. The molecular weight excluding hydrogens is 921 g/mol. The van der Waals surface area contributed by atoms with Crippen LogP contribution in [-0.2, 0) is 6.54 Å². The zero-order chi connectivity index (χ0) is 47.6. The highest BCUT2D eigenvalue weighted by Crippen LogP contribution is 2.40. The van der Waals surface area contributed by atoms with E-state index < -0.39 is 12.3 Å². The van der Waals surface area contributed by atoms with Crippen molar-refractivity contribution in [2.24, 2.45) is 0 Å². The van der Waals surface area contributed by atoms with E-state index in [1.807, 2.05) is 91.0 Å². The van der Waals surface area contributed by atoms with Crippen LogP contribution in [0.2, 0.25) is 15.1 Å². The third kappa shape index (κ3) is 11.7. The fourth-order valence-corrected chi connectivity index (χ4v) is 9.63. The minimum absolute atomic E-state index is 0.108. The molecule has 0 radical (unpaired) electrons. The maximum atomic E-state index is 14.5. The number of carbonyl (C=O) groups is 1. The Morgan fingerprint density at radius 2 is 1.37 bits per heavy atom. The molecule has 6 aromatic carbocycles. The molecule has 15 heteroatoms. The number of β-amino-alcohol motifs (C(OH)–C–C–N with tert-alkyl or cyclic N) is 1. The van der Waals surface area contributed by atoms with Gasteiger partial charge >= 0.3 is 0 Å².